The molecule has 0 aliphatic rings. The number of carboxylic acid groups (broad SMARTS) is 1. The van der Waals surface area contributed by atoms with Crippen molar-refractivity contribution in [3.63, 3.8) is 0 Å². The fourth-order valence-corrected chi connectivity index (χ4v) is 0.474. The molecular formula is C7H9NO3. The Kier molecular flexibility index (Phi) is 3.66. The van der Waals surface area contributed by atoms with Crippen molar-refractivity contribution in [2.24, 2.45) is 0 Å². The number of carbonyl (C=O) groups is 2. The quantitative estimate of drug-likeness (QED) is 0.454. The molecule has 0 spiro atoms. The fourth-order valence-electron chi connectivity index (χ4n) is 0.474. The van der Waals surface area contributed by atoms with Crippen molar-refractivity contribution >= 4 is 11.9 Å². The first-order chi connectivity index (χ1) is 5.07. The number of aliphatic carboxylic acids is 1. The number of carbonyl (C=O) groups excluding carboxylic acids is 1. The second-order valence-electron chi connectivity index (χ2n) is 1.80. The Balaban J connectivity index is 4.35. The summed E-state index contributed by atoms with van der Waals surface area (Å²) >= 11 is 0. The van der Waals surface area contributed by atoms with Crippen molar-refractivity contribution in [1.82, 2.24) is 5.32 Å². The molecule has 0 aromatic heterocycles. The minimum Gasteiger partial charge on any atom is -0.477 e. The van der Waals surface area contributed by atoms with Gasteiger partial charge in [0.2, 0.25) is 5.91 Å². The van der Waals surface area contributed by atoms with Crippen LogP contribution in [0, 0.1) is 0 Å². The molecule has 11 heavy (non-hydrogen) atoms. The van der Waals surface area contributed by atoms with Gasteiger partial charge in [-0.15, -0.1) is 0 Å². The monoisotopic (exact) mass is 155 g/mol. The van der Waals surface area contributed by atoms with E-state index in [4.69, 9.17) is 5.11 Å². The average molecular weight is 155 g/mol. The molecule has 0 unspecified atom stereocenters. The fraction of sp³-hybridized carbons (Fsp3) is 0.143. The molecular weight excluding hydrogens is 146 g/mol. The number of rotatable bonds is 3. The Morgan fingerprint density at radius 1 is 1.55 bits per heavy atom. The topological polar surface area (TPSA) is 66.4 Å². The molecule has 0 saturated heterocycles. The van der Waals surface area contributed by atoms with Gasteiger partial charge in [0.05, 0.1) is 0 Å². The number of nitrogens with one attached hydrogen (secondary N) is 1. The van der Waals surface area contributed by atoms with Crippen LogP contribution in [0.5, 0.6) is 0 Å². The lowest BCUT2D eigenvalue weighted by atomic mass is 10.4. The van der Waals surface area contributed by atoms with Gasteiger partial charge in [-0.2, -0.15) is 0 Å². The van der Waals surface area contributed by atoms with Gasteiger partial charge in [-0.1, -0.05) is 12.7 Å². The Hall–Kier alpha value is -1.58. The highest BCUT2D eigenvalue weighted by Gasteiger charge is 2.05. The van der Waals surface area contributed by atoms with Crippen LogP contribution < -0.4 is 5.32 Å². The van der Waals surface area contributed by atoms with E-state index >= 15 is 0 Å². The van der Waals surface area contributed by atoms with Gasteiger partial charge in [-0.05, 0) is 6.08 Å². The minimum atomic E-state index is -1.18. The lowest BCUT2D eigenvalue weighted by Gasteiger charge is -1.99. The molecule has 0 fully saturated rings. The zero-order valence-corrected chi connectivity index (χ0v) is 6.13. The van der Waals surface area contributed by atoms with Crippen LogP contribution in [-0.4, -0.2) is 17.0 Å². The second kappa shape index (κ2) is 4.27. The van der Waals surface area contributed by atoms with Gasteiger partial charge < -0.3 is 10.4 Å². The largest absolute Gasteiger partial charge is 0.477 e. The second-order valence-corrected chi connectivity index (χ2v) is 1.80. The molecule has 0 bridgehead atoms. The van der Waals surface area contributed by atoms with Gasteiger partial charge >= 0.3 is 5.97 Å². The van der Waals surface area contributed by atoms with Crippen molar-refractivity contribution in [2.45, 2.75) is 6.92 Å². The summed E-state index contributed by atoms with van der Waals surface area (Å²) in [5.41, 5.74) is -0.174. The van der Waals surface area contributed by atoms with Crippen molar-refractivity contribution < 1.29 is 14.7 Å². The molecule has 0 aliphatic heterocycles. The van der Waals surface area contributed by atoms with Gasteiger partial charge in [-0.3, -0.25) is 4.79 Å². The van der Waals surface area contributed by atoms with Crippen molar-refractivity contribution in [3.8, 4) is 0 Å². The van der Waals surface area contributed by atoms with Gasteiger partial charge in [0.25, 0.3) is 0 Å². The van der Waals surface area contributed by atoms with Gasteiger partial charge in [-0.25, -0.2) is 4.79 Å². The van der Waals surface area contributed by atoms with Crippen LogP contribution in [0.2, 0.25) is 0 Å². The third-order valence-corrected chi connectivity index (χ3v) is 0.826. The summed E-state index contributed by atoms with van der Waals surface area (Å²) in [5.74, 6) is -1.60. The first kappa shape index (κ1) is 9.42. The number of allylic oxidation sites excluding steroid dienone is 2. The Morgan fingerprint density at radius 3 is 2.36 bits per heavy atom. The summed E-state index contributed by atoms with van der Waals surface area (Å²) in [6.07, 6.45) is 2.50. The summed E-state index contributed by atoms with van der Waals surface area (Å²) < 4.78 is 0. The smallest absolute Gasteiger partial charge is 0.352 e. The molecule has 4 nitrogen and oxygen atoms in total. The Morgan fingerprint density at radius 2 is 2.09 bits per heavy atom. The van der Waals surface area contributed by atoms with E-state index in [0.29, 0.717) is 0 Å². The van der Waals surface area contributed by atoms with Crippen LogP contribution in [0.4, 0.5) is 0 Å². The van der Waals surface area contributed by atoms with Gasteiger partial charge in [0.1, 0.15) is 5.70 Å². The average Bonchev–Trinajstić information content (AvgIpc) is 1.86. The normalized spacial score (nSPS) is 10.5. The maximum atomic E-state index is 10.4. The maximum Gasteiger partial charge on any atom is 0.352 e. The third-order valence-electron chi connectivity index (χ3n) is 0.826. The SMILES string of the molecule is C=C/C=C(\NC(C)=O)C(=O)O. The third kappa shape index (κ3) is 3.91. The van der Waals surface area contributed by atoms with Gasteiger partial charge in [0.15, 0.2) is 0 Å². The standard InChI is InChI=1S/C7H9NO3/c1-3-4-6(7(10)11)8-5(2)9/h3-4H,1H2,2H3,(H,8,9)(H,10,11)/b6-4-. The lowest BCUT2D eigenvalue weighted by molar-refractivity contribution is -0.134. The van der Waals surface area contributed by atoms with E-state index in [0.717, 1.165) is 0 Å². The summed E-state index contributed by atoms with van der Waals surface area (Å²) in [6.45, 7) is 4.54. The van der Waals surface area contributed by atoms with E-state index in [9.17, 15) is 9.59 Å². The van der Waals surface area contributed by atoms with E-state index in [1.807, 2.05) is 0 Å². The highest BCUT2D eigenvalue weighted by molar-refractivity contribution is 5.92. The molecule has 60 valence electrons. The molecule has 0 radical (unpaired) electrons. The first-order valence-electron chi connectivity index (χ1n) is 2.91. The molecule has 0 aromatic carbocycles. The predicted molar refractivity (Wildman–Crippen MR) is 39.7 cm³/mol. The minimum absolute atomic E-state index is 0.174. The molecule has 0 atom stereocenters. The molecule has 0 aliphatic carbocycles. The van der Waals surface area contributed by atoms with Crippen LogP contribution in [0.3, 0.4) is 0 Å². The molecule has 0 heterocycles. The van der Waals surface area contributed by atoms with E-state index in [-0.39, 0.29) is 5.70 Å². The zero-order chi connectivity index (χ0) is 8.85. The lowest BCUT2D eigenvalue weighted by Crippen LogP contribution is -2.24. The summed E-state index contributed by atoms with van der Waals surface area (Å²) in [7, 11) is 0. The van der Waals surface area contributed by atoms with Crippen LogP contribution in [-0.2, 0) is 9.59 Å². The highest BCUT2D eigenvalue weighted by Crippen LogP contribution is 1.88. The van der Waals surface area contributed by atoms with E-state index in [1.54, 1.807) is 0 Å². The molecule has 0 aromatic rings. The van der Waals surface area contributed by atoms with Crippen molar-refractivity contribution in [2.75, 3.05) is 0 Å². The summed E-state index contributed by atoms with van der Waals surface area (Å²) in [4.78, 5) is 20.7. The molecule has 2 N–H and O–H groups in total. The van der Waals surface area contributed by atoms with Crippen LogP contribution >= 0.6 is 0 Å². The Labute approximate surface area is 64.2 Å². The summed E-state index contributed by atoms with van der Waals surface area (Å²) in [5, 5.41) is 10.6. The molecule has 4 heteroatoms. The zero-order valence-electron chi connectivity index (χ0n) is 6.13. The van der Waals surface area contributed by atoms with Gasteiger partial charge in [0, 0.05) is 6.92 Å². The number of carboxylic acids is 1. The van der Waals surface area contributed by atoms with E-state index in [1.165, 1.54) is 19.1 Å². The maximum absolute atomic E-state index is 10.4. The first-order valence-corrected chi connectivity index (χ1v) is 2.91. The number of hydrogen-bond acceptors (Lipinski definition) is 2. The van der Waals surface area contributed by atoms with E-state index < -0.39 is 11.9 Å². The van der Waals surface area contributed by atoms with Crippen molar-refractivity contribution in [1.29, 1.82) is 0 Å². The van der Waals surface area contributed by atoms with Crippen molar-refractivity contribution in [3.05, 3.63) is 24.4 Å². The van der Waals surface area contributed by atoms with Crippen LogP contribution in [0.15, 0.2) is 24.4 Å². The van der Waals surface area contributed by atoms with E-state index in [2.05, 4.69) is 11.9 Å². The molecule has 0 rings (SSSR count). The summed E-state index contributed by atoms with van der Waals surface area (Å²) in [6, 6.07) is 0. The highest BCUT2D eigenvalue weighted by atomic mass is 16.4. The number of hydrogen-bond donors (Lipinski definition) is 2. The molecule has 0 saturated carbocycles. The predicted octanol–water partition coefficient (Wildman–Crippen LogP) is 0.277. The van der Waals surface area contributed by atoms with Crippen LogP contribution in [0.1, 0.15) is 6.92 Å². The Bertz CT molecular complexity index is 218. The number of amides is 1. The molecule has 1 amide bonds. The van der Waals surface area contributed by atoms with Crippen LogP contribution in [0.25, 0.3) is 0 Å².